The number of carboxylic acid groups (broad SMARTS) is 1. The normalized spacial score (nSPS) is 9.68. The number of carbonyl (C=O) groups is 2. The molecule has 14 heteroatoms. The number of para-hydroxylation sites is 1. The van der Waals surface area contributed by atoms with Gasteiger partial charge in [-0.2, -0.15) is 0 Å². The van der Waals surface area contributed by atoms with Gasteiger partial charge >= 0.3 is 25.4 Å². The van der Waals surface area contributed by atoms with Gasteiger partial charge < -0.3 is 35.1 Å². The molecule has 5 aromatic rings. The second-order valence-corrected chi connectivity index (χ2v) is 14.3. The van der Waals surface area contributed by atoms with Gasteiger partial charge in [0.1, 0.15) is 17.4 Å². The Morgan fingerprint density at radius 1 is 0.645 bits per heavy atom. The second-order valence-electron chi connectivity index (χ2n) is 14.0. The summed E-state index contributed by atoms with van der Waals surface area (Å²) >= 11 is 7.40. The molecule has 0 atom stereocenters. The molecule has 0 aliphatic rings. The first-order chi connectivity index (χ1) is 29.8. The van der Waals surface area contributed by atoms with Crippen LogP contribution < -0.4 is 9.64 Å². The van der Waals surface area contributed by atoms with Crippen LogP contribution in [0.5, 0.6) is 5.75 Å². The van der Waals surface area contributed by atoms with Crippen LogP contribution in [0.15, 0.2) is 104 Å². The minimum absolute atomic E-state index is 0. The van der Waals surface area contributed by atoms with E-state index in [1.807, 2.05) is 12.4 Å². The zero-order valence-electron chi connectivity index (χ0n) is 35.7. The maximum Gasteiger partial charge on any atom is 2.00 e. The number of carbonyl (C=O) groups excluding carboxylic acids is 1. The Morgan fingerprint density at radius 3 is 1.55 bits per heavy atom. The van der Waals surface area contributed by atoms with E-state index in [2.05, 4.69) is 113 Å². The summed E-state index contributed by atoms with van der Waals surface area (Å²) in [5, 5.41) is 25.8. The third-order valence-electron chi connectivity index (χ3n) is 9.42. The van der Waals surface area contributed by atoms with E-state index in [4.69, 9.17) is 25.6 Å². The van der Waals surface area contributed by atoms with E-state index in [1.54, 1.807) is 0 Å². The molecule has 0 spiro atoms. The smallest absolute Gasteiger partial charge is 0.696 e. The van der Waals surface area contributed by atoms with Gasteiger partial charge in [-0.05, 0) is 91.4 Å². The van der Waals surface area contributed by atoms with Crippen molar-refractivity contribution in [3.05, 3.63) is 120 Å². The number of anilines is 3. The molecular weight excluding hydrogens is 904 g/mol. The molecule has 0 aliphatic heterocycles. The van der Waals surface area contributed by atoms with Gasteiger partial charge in [0.15, 0.2) is 0 Å². The molecule has 0 saturated carbocycles. The first-order valence-electron chi connectivity index (χ1n) is 20.9. The Kier molecular flexibility index (Phi) is 31.0. The molecule has 0 bridgehead atoms. The Balaban J connectivity index is 0.000000638. The number of carboxylic acids is 1. The van der Waals surface area contributed by atoms with Crippen molar-refractivity contribution in [1.82, 2.24) is 19.9 Å². The largest absolute Gasteiger partial charge is 2.00 e. The zero-order valence-corrected chi connectivity index (χ0v) is 39.0. The number of thiocyanates is 2. The Morgan fingerprint density at radius 2 is 1.08 bits per heavy atom. The van der Waals surface area contributed by atoms with Crippen LogP contribution in [0, 0.1) is 21.3 Å². The molecule has 0 amide bonds. The van der Waals surface area contributed by atoms with Crippen molar-refractivity contribution in [2.75, 3.05) is 4.90 Å². The number of pyridine rings is 4. The van der Waals surface area contributed by atoms with Crippen molar-refractivity contribution in [2.45, 2.75) is 117 Å². The van der Waals surface area contributed by atoms with Crippen LogP contribution >= 0.6 is 0 Å². The van der Waals surface area contributed by atoms with Crippen LogP contribution in [-0.2, 0) is 62.4 Å². The van der Waals surface area contributed by atoms with E-state index in [-0.39, 0.29) is 25.0 Å². The van der Waals surface area contributed by atoms with Gasteiger partial charge in [0, 0.05) is 36.5 Å². The van der Waals surface area contributed by atoms with E-state index < -0.39 is 5.97 Å². The van der Waals surface area contributed by atoms with Crippen LogP contribution in [0.3, 0.4) is 0 Å². The number of ether oxygens (including phenoxy) is 1. The number of aryl methyl sites for hydroxylation is 2. The first kappa shape index (κ1) is 54.6. The summed E-state index contributed by atoms with van der Waals surface area (Å²) in [4.78, 5) is 40.9. The van der Waals surface area contributed by atoms with Gasteiger partial charge in [0.25, 0.3) is 6.47 Å². The van der Waals surface area contributed by atoms with E-state index in [1.165, 1.54) is 148 Å². The maximum absolute atomic E-state index is 10.8. The quantitative estimate of drug-likeness (QED) is 0.0216. The maximum atomic E-state index is 10.8. The molecule has 328 valence electrons. The Hall–Kier alpha value is -5.40. The SMILES string of the molecule is CCCCCCCCCc1ccnc(N(c2ccccc2)c2cc(CCCCCCCCC)ccn2)c1.N#C[S-].N#C[S-].O=COc1ccnc(-c2cc(C(=O)O)ccn2)c1.[Ru+2]. The Labute approximate surface area is 392 Å². The number of nitriles is 2. The van der Waals surface area contributed by atoms with Gasteiger partial charge in [-0.3, -0.25) is 19.7 Å². The molecule has 0 radical (unpaired) electrons. The van der Waals surface area contributed by atoms with Gasteiger partial charge in [-0.25, -0.2) is 25.3 Å². The molecule has 1 aromatic carbocycles. The number of rotatable bonds is 23. The minimum Gasteiger partial charge on any atom is -0.696 e. The van der Waals surface area contributed by atoms with Crippen molar-refractivity contribution in [3.63, 3.8) is 0 Å². The summed E-state index contributed by atoms with van der Waals surface area (Å²) in [6.45, 7) is 4.87. The summed E-state index contributed by atoms with van der Waals surface area (Å²) in [5.74, 6) is 1.18. The van der Waals surface area contributed by atoms with Crippen molar-refractivity contribution < 1.29 is 38.9 Å². The molecular formula is C48H57N7O4RuS2. The molecule has 0 aliphatic carbocycles. The Bertz CT molecular complexity index is 1990. The third kappa shape index (κ3) is 22.4. The molecule has 0 saturated heterocycles. The van der Waals surface area contributed by atoms with Gasteiger partial charge in [0.05, 0.1) is 17.0 Å². The second kappa shape index (κ2) is 35.2. The molecule has 62 heavy (non-hydrogen) atoms. The number of hydrogen-bond donors (Lipinski definition) is 1. The molecule has 11 nitrogen and oxygen atoms in total. The molecule has 0 fully saturated rings. The molecule has 0 unspecified atom stereocenters. The molecule has 4 heterocycles. The first-order valence-corrected chi connectivity index (χ1v) is 21.7. The molecule has 1 N–H and O–H groups in total. The number of benzene rings is 1. The standard InChI is InChI=1S/C34H49N3.C12H8N2O4.2CHNS.Ru/c1-3-5-7-9-11-13-16-20-30-24-26-35-33(28-30)37(32-22-18-15-19-23-32)34-29-31(25-27-36-34)21-17-14-12-10-8-6-4-2;15-7-18-9-2-4-14-11(6-9)10-5-8(12(16)17)1-3-13-10;2*2-1-3;/h15,18-19,22-29H,3-14,16-17,20-21H2,1-2H3;1-7H,(H,16,17);2*3H;/q;;;;+2/p-2. The van der Waals surface area contributed by atoms with Crippen LogP contribution in [0.25, 0.3) is 11.4 Å². The average Bonchev–Trinajstić information content (AvgIpc) is 3.28. The van der Waals surface area contributed by atoms with Crippen molar-refractivity contribution in [1.29, 1.82) is 10.5 Å². The van der Waals surface area contributed by atoms with E-state index in [0.717, 1.165) is 30.2 Å². The monoisotopic (exact) mass is 961 g/mol. The number of aromatic carboxylic acids is 1. The summed E-state index contributed by atoms with van der Waals surface area (Å²) < 4.78 is 4.68. The predicted molar refractivity (Wildman–Crippen MR) is 247 cm³/mol. The zero-order chi connectivity index (χ0) is 44.3. The predicted octanol–water partition coefficient (Wildman–Crippen LogP) is 11.9. The van der Waals surface area contributed by atoms with Gasteiger partial charge in [-0.15, -0.1) is 0 Å². The summed E-state index contributed by atoms with van der Waals surface area (Å²) in [7, 11) is 0. The van der Waals surface area contributed by atoms with Crippen LogP contribution in [0.4, 0.5) is 17.3 Å². The van der Waals surface area contributed by atoms with Crippen molar-refractivity contribution >= 4 is 55.0 Å². The van der Waals surface area contributed by atoms with Gasteiger partial charge in [0.2, 0.25) is 0 Å². The van der Waals surface area contributed by atoms with E-state index in [9.17, 15) is 9.59 Å². The number of nitrogens with zero attached hydrogens (tertiary/aromatic N) is 7. The fourth-order valence-corrected chi connectivity index (χ4v) is 6.39. The van der Waals surface area contributed by atoms with E-state index in [0.29, 0.717) is 23.6 Å². The van der Waals surface area contributed by atoms with Crippen molar-refractivity contribution in [3.8, 4) is 27.9 Å². The number of hydrogen-bond acceptors (Lipinski definition) is 12. The topological polar surface area (TPSA) is 166 Å². The average molecular weight is 961 g/mol. The molecule has 5 rings (SSSR count). The minimum atomic E-state index is -1.04. The summed E-state index contributed by atoms with van der Waals surface area (Å²) in [5.41, 5.74) is 4.76. The fraction of sp³-hybridized carbons (Fsp3) is 0.375. The van der Waals surface area contributed by atoms with Crippen LogP contribution in [0.1, 0.15) is 125 Å². The molecule has 4 aromatic heterocycles. The van der Waals surface area contributed by atoms with Crippen LogP contribution in [-0.4, -0.2) is 37.5 Å². The fourth-order valence-electron chi connectivity index (χ4n) is 6.39. The number of aromatic nitrogens is 4. The van der Waals surface area contributed by atoms with Crippen molar-refractivity contribution in [2.24, 2.45) is 0 Å². The summed E-state index contributed by atoms with van der Waals surface area (Å²) in [6, 6.07) is 25.2. The summed E-state index contributed by atoms with van der Waals surface area (Å²) in [6.07, 6.45) is 27.7. The third-order valence-corrected chi connectivity index (χ3v) is 9.42. The number of unbranched alkanes of at least 4 members (excludes halogenated alkanes) is 12. The van der Waals surface area contributed by atoms with Crippen LogP contribution in [0.2, 0.25) is 0 Å². The van der Waals surface area contributed by atoms with E-state index >= 15 is 0 Å². The van der Waals surface area contributed by atoms with Gasteiger partial charge in [-0.1, -0.05) is 120 Å².